The molecule has 4 heteroatoms. The standard InChI is InChI=1S/C15H18N2O2/c18-15(16-6-1-2-7-16)13-9-14-12(5-8-19-14)17(13)10-11-3-4-11/h5,8-9,11H,1-4,6-7,10H2. The third-order valence-electron chi connectivity index (χ3n) is 4.27. The van der Waals surface area contributed by atoms with Gasteiger partial charge in [-0.15, -0.1) is 0 Å². The average Bonchev–Trinajstić information content (AvgIpc) is 2.87. The number of nitrogens with zero attached hydrogens (tertiary/aromatic N) is 2. The van der Waals surface area contributed by atoms with E-state index in [4.69, 9.17) is 4.42 Å². The van der Waals surface area contributed by atoms with E-state index in [1.165, 1.54) is 12.8 Å². The van der Waals surface area contributed by atoms with Gasteiger partial charge in [0, 0.05) is 31.8 Å². The second kappa shape index (κ2) is 4.15. The third-order valence-corrected chi connectivity index (χ3v) is 4.27. The summed E-state index contributed by atoms with van der Waals surface area (Å²) in [6.07, 6.45) is 6.54. The Labute approximate surface area is 112 Å². The van der Waals surface area contributed by atoms with Crippen LogP contribution in [0.25, 0.3) is 11.1 Å². The molecule has 1 aliphatic heterocycles. The Kier molecular flexibility index (Phi) is 2.43. The van der Waals surface area contributed by atoms with Crippen molar-refractivity contribution in [2.24, 2.45) is 5.92 Å². The lowest BCUT2D eigenvalue weighted by Crippen LogP contribution is -2.29. The maximum absolute atomic E-state index is 12.6. The minimum atomic E-state index is 0.171. The molecular formula is C15H18N2O2. The van der Waals surface area contributed by atoms with E-state index in [9.17, 15) is 4.79 Å². The van der Waals surface area contributed by atoms with Crippen LogP contribution in [0.5, 0.6) is 0 Å². The van der Waals surface area contributed by atoms with E-state index in [0.29, 0.717) is 0 Å². The molecule has 100 valence electrons. The molecule has 2 aliphatic rings. The normalized spacial score (nSPS) is 19.5. The maximum Gasteiger partial charge on any atom is 0.270 e. The van der Waals surface area contributed by atoms with Crippen LogP contribution in [0.1, 0.15) is 36.2 Å². The number of fused-ring (bicyclic) bond motifs is 1. The van der Waals surface area contributed by atoms with Crippen molar-refractivity contribution in [2.75, 3.05) is 13.1 Å². The van der Waals surface area contributed by atoms with Crippen LogP contribution in [0.3, 0.4) is 0 Å². The van der Waals surface area contributed by atoms with Crippen molar-refractivity contribution < 1.29 is 9.21 Å². The molecule has 0 radical (unpaired) electrons. The summed E-state index contributed by atoms with van der Waals surface area (Å²) in [6.45, 7) is 2.75. The van der Waals surface area contributed by atoms with Gasteiger partial charge in [-0.25, -0.2) is 0 Å². The van der Waals surface area contributed by atoms with Crippen LogP contribution >= 0.6 is 0 Å². The fourth-order valence-electron chi connectivity index (χ4n) is 2.99. The first-order valence-electron chi connectivity index (χ1n) is 7.19. The van der Waals surface area contributed by atoms with E-state index < -0.39 is 0 Å². The van der Waals surface area contributed by atoms with Crippen LogP contribution in [0, 0.1) is 5.92 Å². The Bertz CT molecular complexity index is 615. The minimum Gasteiger partial charge on any atom is -0.463 e. The number of carbonyl (C=O) groups is 1. The lowest BCUT2D eigenvalue weighted by molar-refractivity contribution is 0.0782. The fraction of sp³-hybridized carbons (Fsp3) is 0.533. The molecule has 2 aromatic heterocycles. The van der Waals surface area contributed by atoms with Crippen LogP contribution < -0.4 is 0 Å². The highest BCUT2D eigenvalue weighted by Gasteiger charge is 2.28. The molecule has 1 aliphatic carbocycles. The van der Waals surface area contributed by atoms with Gasteiger partial charge >= 0.3 is 0 Å². The molecule has 3 heterocycles. The first-order chi connectivity index (χ1) is 9.33. The first kappa shape index (κ1) is 11.1. The van der Waals surface area contributed by atoms with Gasteiger partial charge in [0.2, 0.25) is 0 Å². The van der Waals surface area contributed by atoms with E-state index in [1.807, 2.05) is 17.0 Å². The van der Waals surface area contributed by atoms with Crippen LogP contribution in [-0.4, -0.2) is 28.5 Å². The van der Waals surface area contributed by atoms with Gasteiger partial charge in [-0.2, -0.15) is 0 Å². The number of aromatic nitrogens is 1. The van der Waals surface area contributed by atoms with Gasteiger partial charge in [0.25, 0.3) is 5.91 Å². The van der Waals surface area contributed by atoms with Crippen LogP contribution in [0.4, 0.5) is 0 Å². The molecule has 2 fully saturated rings. The molecule has 0 unspecified atom stereocenters. The second-order valence-corrected chi connectivity index (χ2v) is 5.75. The van der Waals surface area contributed by atoms with Crippen molar-refractivity contribution in [2.45, 2.75) is 32.2 Å². The predicted molar refractivity (Wildman–Crippen MR) is 72.1 cm³/mol. The van der Waals surface area contributed by atoms with Gasteiger partial charge in [-0.1, -0.05) is 0 Å². The molecule has 0 bridgehead atoms. The summed E-state index contributed by atoms with van der Waals surface area (Å²) >= 11 is 0. The summed E-state index contributed by atoms with van der Waals surface area (Å²) in [5.41, 5.74) is 2.71. The Balaban J connectivity index is 1.74. The number of rotatable bonds is 3. The summed E-state index contributed by atoms with van der Waals surface area (Å²) in [6, 6.07) is 3.89. The predicted octanol–water partition coefficient (Wildman–Crippen LogP) is 2.88. The molecule has 0 spiro atoms. The van der Waals surface area contributed by atoms with Crippen LogP contribution in [-0.2, 0) is 6.54 Å². The molecule has 1 saturated heterocycles. The van der Waals surface area contributed by atoms with Gasteiger partial charge in [0.1, 0.15) is 5.69 Å². The highest BCUT2D eigenvalue weighted by molar-refractivity contribution is 5.97. The quantitative estimate of drug-likeness (QED) is 0.849. The zero-order valence-corrected chi connectivity index (χ0v) is 11.0. The van der Waals surface area contributed by atoms with Gasteiger partial charge in [-0.05, 0) is 31.6 Å². The molecular weight excluding hydrogens is 240 g/mol. The Morgan fingerprint density at radius 2 is 2.11 bits per heavy atom. The highest BCUT2D eigenvalue weighted by Crippen LogP contribution is 2.33. The van der Waals surface area contributed by atoms with Gasteiger partial charge in [0.05, 0.1) is 11.8 Å². The van der Waals surface area contributed by atoms with Gasteiger partial charge in [0.15, 0.2) is 5.58 Å². The number of likely N-dealkylation sites (tertiary alicyclic amines) is 1. The van der Waals surface area contributed by atoms with E-state index in [1.54, 1.807) is 6.26 Å². The zero-order valence-electron chi connectivity index (χ0n) is 11.0. The number of hydrogen-bond acceptors (Lipinski definition) is 2. The topological polar surface area (TPSA) is 38.4 Å². The van der Waals surface area contributed by atoms with Gasteiger partial charge < -0.3 is 13.9 Å². The zero-order chi connectivity index (χ0) is 12.8. The summed E-state index contributed by atoms with van der Waals surface area (Å²) in [5.74, 6) is 0.917. The van der Waals surface area contributed by atoms with Crippen molar-refractivity contribution in [3.63, 3.8) is 0 Å². The van der Waals surface area contributed by atoms with Crippen molar-refractivity contribution in [3.05, 3.63) is 24.1 Å². The Morgan fingerprint density at radius 3 is 2.84 bits per heavy atom. The highest BCUT2D eigenvalue weighted by atomic mass is 16.3. The number of amides is 1. The summed E-state index contributed by atoms with van der Waals surface area (Å²) in [7, 11) is 0. The monoisotopic (exact) mass is 258 g/mol. The molecule has 0 atom stereocenters. The van der Waals surface area contributed by atoms with Crippen molar-refractivity contribution in [1.29, 1.82) is 0 Å². The molecule has 4 nitrogen and oxygen atoms in total. The Hall–Kier alpha value is -1.71. The van der Waals surface area contributed by atoms with Crippen molar-refractivity contribution >= 4 is 17.0 Å². The lowest BCUT2D eigenvalue weighted by Gasteiger charge is -2.17. The average molecular weight is 258 g/mol. The summed E-state index contributed by atoms with van der Waals surface area (Å²) < 4.78 is 7.63. The summed E-state index contributed by atoms with van der Waals surface area (Å²) in [4.78, 5) is 14.6. The van der Waals surface area contributed by atoms with E-state index >= 15 is 0 Å². The molecule has 1 amide bonds. The number of hydrogen-bond donors (Lipinski definition) is 0. The van der Waals surface area contributed by atoms with Crippen molar-refractivity contribution in [3.8, 4) is 0 Å². The smallest absolute Gasteiger partial charge is 0.270 e. The molecule has 19 heavy (non-hydrogen) atoms. The third kappa shape index (κ3) is 1.86. The van der Waals surface area contributed by atoms with Crippen LogP contribution in [0.15, 0.2) is 22.8 Å². The molecule has 2 aromatic rings. The van der Waals surface area contributed by atoms with Gasteiger partial charge in [-0.3, -0.25) is 4.79 Å². The minimum absolute atomic E-state index is 0.171. The number of furan rings is 1. The van der Waals surface area contributed by atoms with Crippen LogP contribution in [0.2, 0.25) is 0 Å². The maximum atomic E-state index is 12.6. The Morgan fingerprint density at radius 1 is 1.32 bits per heavy atom. The first-order valence-corrected chi connectivity index (χ1v) is 7.19. The lowest BCUT2D eigenvalue weighted by atomic mass is 10.3. The SMILES string of the molecule is O=C(c1cc2occc2n1CC1CC1)N1CCCC1. The number of carbonyl (C=O) groups excluding carboxylic acids is 1. The molecule has 0 aromatic carbocycles. The molecule has 1 saturated carbocycles. The second-order valence-electron chi connectivity index (χ2n) is 5.75. The summed E-state index contributed by atoms with van der Waals surface area (Å²) in [5, 5.41) is 0. The largest absolute Gasteiger partial charge is 0.463 e. The van der Waals surface area contributed by atoms with E-state index in [0.717, 1.165) is 55.2 Å². The molecule has 4 rings (SSSR count). The fourth-order valence-corrected chi connectivity index (χ4v) is 2.99. The van der Waals surface area contributed by atoms with E-state index in [2.05, 4.69) is 4.57 Å². The van der Waals surface area contributed by atoms with Crippen molar-refractivity contribution in [1.82, 2.24) is 9.47 Å². The van der Waals surface area contributed by atoms with E-state index in [-0.39, 0.29) is 5.91 Å². The molecule has 0 N–H and O–H groups in total.